The predicted molar refractivity (Wildman–Crippen MR) is 110 cm³/mol. The molecule has 2 aromatic rings. The fraction of sp³-hybridized carbons (Fsp3) is 0.286. The van der Waals surface area contributed by atoms with Crippen molar-refractivity contribution in [1.82, 2.24) is 15.5 Å². The van der Waals surface area contributed by atoms with Crippen LogP contribution in [-0.2, 0) is 21.5 Å². The van der Waals surface area contributed by atoms with Crippen molar-refractivity contribution < 1.29 is 14.4 Å². The third kappa shape index (κ3) is 3.36. The van der Waals surface area contributed by atoms with Crippen molar-refractivity contribution in [2.45, 2.75) is 31.3 Å². The van der Waals surface area contributed by atoms with Gasteiger partial charge in [0.1, 0.15) is 12.1 Å². The zero-order valence-electron chi connectivity index (χ0n) is 15.7. The van der Waals surface area contributed by atoms with Crippen molar-refractivity contribution in [3.63, 3.8) is 0 Å². The number of carbonyl (C=O) groups is 3. The molecule has 1 fully saturated rings. The molecule has 2 atom stereocenters. The van der Waals surface area contributed by atoms with Gasteiger partial charge in [0.2, 0.25) is 5.91 Å². The first-order valence-corrected chi connectivity index (χ1v) is 10.0. The van der Waals surface area contributed by atoms with E-state index in [2.05, 4.69) is 10.6 Å². The second kappa shape index (κ2) is 7.35. The van der Waals surface area contributed by atoms with Crippen molar-refractivity contribution in [3.8, 4) is 0 Å². The Kier molecular flexibility index (Phi) is 5.00. The monoisotopic (exact) mass is 431 g/mol. The van der Waals surface area contributed by atoms with Crippen LogP contribution in [0.25, 0.3) is 0 Å². The summed E-state index contributed by atoms with van der Waals surface area (Å²) in [6.07, 6.45) is 1.20. The topological polar surface area (TPSA) is 78.5 Å². The average molecular weight is 432 g/mol. The van der Waals surface area contributed by atoms with E-state index in [9.17, 15) is 14.4 Å². The Morgan fingerprint density at radius 3 is 2.72 bits per heavy atom. The standard InChI is InChI=1S/C21H19Cl2N3O3/c1-12(14-6-7-16(22)17(23)10-14)24-18(27)11-26-19(28)21(25-20(26)29)9-8-13-4-2-3-5-15(13)21/h2-7,10,12H,8-9,11H2,1H3,(H,24,27)(H,25,29). The lowest BCUT2D eigenvalue weighted by Gasteiger charge is -2.22. The maximum atomic E-state index is 13.1. The van der Waals surface area contributed by atoms with E-state index in [4.69, 9.17) is 23.2 Å². The number of benzene rings is 2. The Morgan fingerprint density at radius 1 is 1.21 bits per heavy atom. The second-order valence-electron chi connectivity index (χ2n) is 7.35. The summed E-state index contributed by atoms with van der Waals surface area (Å²) in [5.41, 5.74) is 1.56. The highest BCUT2D eigenvalue weighted by Gasteiger charge is 2.55. The molecule has 0 bridgehead atoms. The molecule has 1 saturated heterocycles. The molecule has 4 rings (SSSR count). The van der Waals surface area contributed by atoms with Crippen LogP contribution in [0.5, 0.6) is 0 Å². The van der Waals surface area contributed by atoms with Gasteiger partial charge in [0.05, 0.1) is 16.1 Å². The first kappa shape index (κ1) is 19.7. The number of rotatable bonds is 4. The van der Waals surface area contributed by atoms with Crippen molar-refractivity contribution in [1.29, 1.82) is 0 Å². The third-order valence-electron chi connectivity index (χ3n) is 5.55. The lowest BCUT2D eigenvalue weighted by atomic mass is 9.92. The summed E-state index contributed by atoms with van der Waals surface area (Å²) in [6, 6.07) is 11.7. The summed E-state index contributed by atoms with van der Waals surface area (Å²) in [7, 11) is 0. The van der Waals surface area contributed by atoms with E-state index in [1.165, 1.54) is 0 Å². The third-order valence-corrected chi connectivity index (χ3v) is 6.28. The summed E-state index contributed by atoms with van der Waals surface area (Å²) in [4.78, 5) is 39.1. The SMILES string of the molecule is CC(NC(=O)CN1C(=O)NC2(CCc3ccccc32)C1=O)c1ccc(Cl)c(Cl)c1. The number of nitrogens with one attached hydrogen (secondary N) is 2. The summed E-state index contributed by atoms with van der Waals surface area (Å²) in [5.74, 6) is -0.819. The molecule has 2 unspecified atom stereocenters. The number of nitrogens with zero attached hydrogens (tertiary/aromatic N) is 1. The van der Waals surface area contributed by atoms with E-state index < -0.39 is 17.5 Å². The lowest BCUT2D eigenvalue weighted by molar-refractivity contribution is -0.135. The number of halogens is 2. The van der Waals surface area contributed by atoms with E-state index in [1.807, 2.05) is 24.3 Å². The largest absolute Gasteiger partial charge is 0.348 e. The Bertz CT molecular complexity index is 1030. The van der Waals surface area contributed by atoms with Gasteiger partial charge in [0.15, 0.2) is 0 Å². The molecule has 0 radical (unpaired) electrons. The van der Waals surface area contributed by atoms with Gasteiger partial charge in [-0.3, -0.25) is 14.5 Å². The number of fused-ring (bicyclic) bond motifs is 2. The van der Waals surface area contributed by atoms with Gasteiger partial charge in [0.25, 0.3) is 5.91 Å². The second-order valence-corrected chi connectivity index (χ2v) is 8.16. The van der Waals surface area contributed by atoms with Crippen LogP contribution in [0.3, 0.4) is 0 Å². The molecule has 0 aromatic heterocycles. The molecule has 8 heteroatoms. The Morgan fingerprint density at radius 2 is 1.97 bits per heavy atom. The quantitative estimate of drug-likeness (QED) is 0.726. The van der Waals surface area contributed by atoms with E-state index in [0.29, 0.717) is 22.9 Å². The maximum absolute atomic E-state index is 13.1. The fourth-order valence-corrected chi connectivity index (χ4v) is 4.34. The number of urea groups is 1. The molecule has 150 valence electrons. The molecule has 2 N–H and O–H groups in total. The zero-order chi connectivity index (χ0) is 20.8. The molecule has 1 aliphatic heterocycles. The molecule has 6 nitrogen and oxygen atoms in total. The Labute approximate surface area is 178 Å². The predicted octanol–water partition coefficient (Wildman–Crippen LogP) is 3.56. The van der Waals surface area contributed by atoms with E-state index in [0.717, 1.165) is 21.6 Å². The van der Waals surface area contributed by atoms with Gasteiger partial charge < -0.3 is 10.6 Å². The van der Waals surface area contributed by atoms with Crippen LogP contribution in [0, 0.1) is 0 Å². The van der Waals surface area contributed by atoms with Gasteiger partial charge in [-0.15, -0.1) is 0 Å². The van der Waals surface area contributed by atoms with Crippen molar-refractivity contribution >= 4 is 41.0 Å². The summed E-state index contributed by atoms with van der Waals surface area (Å²) < 4.78 is 0. The van der Waals surface area contributed by atoms with E-state index in [1.54, 1.807) is 25.1 Å². The Balaban J connectivity index is 1.47. The van der Waals surface area contributed by atoms with E-state index >= 15 is 0 Å². The number of amides is 4. The lowest BCUT2D eigenvalue weighted by Crippen LogP contribution is -2.44. The van der Waals surface area contributed by atoms with Gasteiger partial charge in [-0.05, 0) is 48.6 Å². The number of hydrogen-bond acceptors (Lipinski definition) is 3. The minimum atomic E-state index is -1.07. The number of carbonyl (C=O) groups excluding carboxylic acids is 3. The number of imide groups is 1. The average Bonchev–Trinajstić information content (AvgIpc) is 3.17. The molecular weight excluding hydrogens is 413 g/mol. The molecule has 29 heavy (non-hydrogen) atoms. The highest BCUT2D eigenvalue weighted by atomic mass is 35.5. The minimum Gasteiger partial charge on any atom is -0.348 e. The molecule has 2 aliphatic rings. The maximum Gasteiger partial charge on any atom is 0.325 e. The van der Waals surface area contributed by atoms with Crippen LogP contribution in [0.4, 0.5) is 4.79 Å². The van der Waals surface area contributed by atoms with Crippen LogP contribution < -0.4 is 10.6 Å². The van der Waals surface area contributed by atoms with Gasteiger partial charge in [0, 0.05) is 0 Å². The molecule has 1 aliphatic carbocycles. The smallest absolute Gasteiger partial charge is 0.325 e. The van der Waals surface area contributed by atoms with Gasteiger partial charge in [-0.1, -0.05) is 53.5 Å². The summed E-state index contributed by atoms with van der Waals surface area (Å²) in [5, 5.41) is 6.43. The molecule has 0 saturated carbocycles. The van der Waals surface area contributed by atoms with Crippen LogP contribution in [-0.4, -0.2) is 29.3 Å². The van der Waals surface area contributed by atoms with Crippen LogP contribution in [0.15, 0.2) is 42.5 Å². The van der Waals surface area contributed by atoms with Crippen molar-refractivity contribution in [3.05, 3.63) is 69.2 Å². The highest BCUT2D eigenvalue weighted by Crippen LogP contribution is 2.41. The Hall–Kier alpha value is -2.57. The first-order valence-electron chi connectivity index (χ1n) is 9.28. The number of hydrogen-bond donors (Lipinski definition) is 2. The normalized spacial score (nSPS) is 21.3. The van der Waals surface area contributed by atoms with Gasteiger partial charge in [-0.2, -0.15) is 0 Å². The highest BCUT2D eigenvalue weighted by molar-refractivity contribution is 6.42. The molecule has 1 spiro atoms. The van der Waals surface area contributed by atoms with Crippen LogP contribution in [0.1, 0.15) is 36.1 Å². The van der Waals surface area contributed by atoms with Gasteiger partial charge >= 0.3 is 6.03 Å². The molecular formula is C21H19Cl2N3O3. The summed E-state index contributed by atoms with van der Waals surface area (Å²) >= 11 is 12.0. The van der Waals surface area contributed by atoms with Crippen LogP contribution in [0.2, 0.25) is 10.0 Å². The summed E-state index contributed by atoms with van der Waals surface area (Å²) in [6.45, 7) is 1.44. The molecule has 2 aromatic carbocycles. The molecule has 1 heterocycles. The first-order chi connectivity index (χ1) is 13.8. The zero-order valence-corrected chi connectivity index (χ0v) is 17.2. The fourth-order valence-electron chi connectivity index (χ4n) is 4.03. The minimum absolute atomic E-state index is 0.347. The van der Waals surface area contributed by atoms with Crippen molar-refractivity contribution in [2.75, 3.05) is 6.54 Å². The van der Waals surface area contributed by atoms with Crippen molar-refractivity contribution in [2.24, 2.45) is 0 Å². The molecule has 4 amide bonds. The van der Waals surface area contributed by atoms with E-state index in [-0.39, 0.29) is 18.5 Å². The number of aryl methyl sites for hydroxylation is 1. The van der Waals surface area contributed by atoms with Gasteiger partial charge in [-0.25, -0.2) is 4.79 Å². The van der Waals surface area contributed by atoms with Crippen LogP contribution >= 0.6 is 23.2 Å².